The van der Waals surface area contributed by atoms with Crippen LogP contribution in [0, 0.1) is 13.8 Å². The van der Waals surface area contributed by atoms with E-state index in [1.807, 2.05) is 49.6 Å². The van der Waals surface area contributed by atoms with Gasteiger partial charge in [0.25, 0.3) is 5.91 Å². The molecule has 0 radical (unpaired) electrons. The Morgan fingerprint density at radius 3 is 2.61 bits per heavy atom. The number of nitrogens with zero attached hydrogens (tertiary/aromatic N) is 1. The van der Waals surface area contributed by atoms with E-state index in [0.29, 0.717) is 17.3 Å². The standard InChI is InChI=1S/C17H17N3O2S/c1-10-11(2)22-17(19-10)12-3-5-14(6-4-12)20-16(21)15-13(9-18)7-8-23-15/h3-8H,9,18H2,1-2H3,(H,20,21). The van der Waals surface area contributed by atoms with Gasteiger partial charge in [0.2, 0.25) is 5.89 Å². The van der Waals surface area contributed by atoms with Gasteiger partial charge in [-0.15, -0.1) is 11.3 Å². The summed E-state index contributed by atoms with van der Waals surface area (Å²) < 4.78 is 5.60. The minimum atomic E-state index is -0.143. The molecule has 0 aliphatic heterocycles. The number of oxazole rings is 1. The van der Waals surface area contributed by atoms with Crippen molar-refractivity contribution < 1.29 is 9.21 Å². The summed E-state index contributed by atoms with van der Waals surface area (Å²) in [7, 11) is 0. The number of amides is 1. The molecule has 1 aromatic carbocycles. The van der Waals surface area contributed by atoms with Gasteiger partial charge >= 0.3 is 0 Å². The lowest BCUT2D eigenvalue weighted by Gasteiger charge is -2.06. The van der Waals surface area contributed by atoms with Crippen LogP contribution in [0.1, 0.15) is 26.7 Å². The first kappa shape index (κ1) is 15.5. The summed E-state index contributed by atoms with van der Waals surface area (Å²) in [6.45, 7) is 4.15. The third-order valence-electron chi connectivity index (χ3n) is 3.59. The van der Waals surface area contributed by atoms with Crippen molar-refractivity contribution in [2.75, 3.05) is 5.32 Å². The first-order chi connectivity index (χ1) is 11.1. The van der Waals surface area contributed by atoms with Crippen molar-refractivity contribution in [2.45, 2.75) is 20.4 Å². The number of nitrogens with two attached hydrogens (primary N) is 1. The molecule has 3 rings (SSSR count). The molecule has 0 bridgehead atoms. The maximum Gasteiger partial charge on any atom is 0.266 e. The molecule has 2 aromatic heterocycles. The van der Waals surface area contributed by atoms with E-state index in [2.05, 4.69) is 10.3 Å². The highest BCUT2D eigenvalue weighted by Gasteiger charge is 2.13. The Morgan fingerprint density at radius 1 is 1.26 bits per heavy atom. The molecule has 0 atom stereocenters. The van der Waals surface area contributed by atoms with E-state index in [-0.39, 0.29) is 5.91 Å². The van der Waals surface area contributed by atoms with E-state index < -0.39 is 0 Å². The molecule has 0 unspecified atom stereocenters. The van der Waals surface area contributed by atoms with Crippen molar-refractivity contribution in [1.29, 1.82) is 0 Å². The predicted molar refractivity (Wildman–Crippen MR) is 91.6 cm³/mol. The van der Waals surface area contributed by atoms with Crippen molar-refractivity contribution >= 4 is 22.9 Å². The number of anilines is 1. The average molecular weight is 327 g/mol. The summed E-state index contributed by atoms with van der Waals surface area (Å²) in [4.78, 5) is 17.3. The van der Waals surface area contributed by atoms with Crippen LogP contribution in [0.2, 0.25) is 0 Å². The van der Waals surface area contributed by atoms with Crippen LogP contribution in [0.15, 0.2) is 40.1 Å². The molecule has 0 spiro atoms. The quantitative estimate of drug-likeness (QED) is 0.765. The van der Waals surface area contributed by atoms with E-state index in [4.69, 9.17) is 10.2 Å². The van der Waals surface area contributed by atoms with Crippen LogP contribution in [0.25, 0.3) is 11.5 Å². The first-order valence-corrected chi connectivity index (χ1v) is 8.08. The lowest BCUT2D eigenvalue weighted by Crippen LogP contribution is -2.13. The molecule has 118 valence electrons. The largest absolute Gasteiger partial charge is 0.441 e. The topological polar surface area (TPSA) is 81.2 Å². The monoisotopic (exact) mass is 327 g/mol. The smallest absolute Gasteiger partial charge is 0.266 e. The van der Waals surface area contributed by atoms with Gasteiger partial charge in [-0.2, -0.15) is 0 Å². The van der Waals surface area contributed by atoms with Gasteiger partial charge in [-0.3, -0.25) is 4.79 Å². The van der Waals surface area contributed by atoms with Crippen molar-refractivity contribution in [3.8, 4) is 11.5 Å². The minimum Gasteiger partial charge on any atom is -0.441 e. The van der Waals surface area contributed by atoms with Gasteiger partial charge in [-0.25, -0.2) is 4.98 Å². The molecule has 3 aromatic rings. The lowest BCUT2D eigenvalue weighted by molar-refractivity contribution is 0.103. The second kappa shape index (κ2) is 6.36. The Labute approximate surface area is 138 Å². The summed E-state index contributed by atoms with van der Waals surface area (Å²) >= 11 is 1.39. The number of aryl methyl sites for hydroxylation is 2. The van der Waals surface area contributed by atoms with Gasteiger partial charge < -0.3 is 15.5 Å². The van der Waals surface area contributed by atoms with Crippen LogP contribution in [0.4, 0.5) is 5.69 Å². The van der Waals surface area contributed by atoms with Gasteiger partial charge in [0, 0.05) is 17.8 Å². The van der Waals surface area contributed by atoms with Crippen molar-refractivity contribution in [1.82, 2.24) is 4.98 Å². The number of thiophene rings is 1. The summed E-state index contributed by atoms with van der Waals surface area (Å²) in [6, 6.07) is 9.28. The molecular weight excluding hydrogens is 310 g/mol. The molecule has 0 saturated carbocycles. The number of hydrogen-bond donors (Lipinski definition) is 2. The van der Waals surface area contributed by atoms with E-state index in [1.54, 1.807) is 0 Å². The molecule has 0 fully saturated rings. The fourth-order valence-electron chi connectivity index (χ4n) is 2.18. The van der Waals surface area contributed by atoms with Crippen molar-refractivity contribution in [2.24, 2.45) is 5.73 Å². The molecule has 2 heterocycles. The summed E-state index contributed by atoms with van der Waals surface area (Å²) in [5.41, 5.74) is 8.96. The Hall–Kier alpha value is -2.44. The number of carbonyl (C=O) groups is 1. The van der Waals surface area contributed by atoms with E-state index >= 15 is 0 Å². The van der Waals surface area contributed by atoms with Gasteiger partial charge in [-0.1, -0.05) is 0 Å². The number of rotatable bonds is 4. The van der Waals surface area contributed by atoms with Crippen LogP contribution in [0.3, 0.4) is 0 Å². The Morgan fingerprint density at radius 2 is 2.00 bits per heavy atom. The van der Waals surface area contributed by atoms with E-state index in [9.17, 15) is 4.79 Å². The molecule has 3 N–H and O–H groups in total. The summed E-state index contributed by atoms with van der Waals surface area (Å²) in [5.74, 6) is 1.25. The fraction of sp³-hybridized carbons (Fsp3) is 0.176. The number of hydrogen-bond acceptors (Lipinski definition) is 5. The summed E-state index contributed by atoms with van der Waals surface area (Å²) in [5, 5.41) is 4.75. The maximum atomic E-state index is 12.3. The zero-order valence-corrected chi connectivity index (χ0v) is 13.7. The average Bonchev–Trinajstić information content (AvgIpc) is 3.15. The summed E-state index contributed by atoms with van der Waals surface area (Å²) in [6.07, 6.45) is 0. The van der Waals surface area contributed by atoms with Crippen LogP contribution < -0.4 is 11.1 Å². The minimum absolute atomic E-state index is 0.143. The van der Waals surface area contributed by atoms with Crippen LogP contribution in [-0.4, -0.2) is 10.9 Å². The number of aromatic nitrogens is 1. The van der Waals surface area contributed by atoms with Crippen LogP contribution in [-0.2, 0) is 6.54 Å². The van der Waals surface area contributed by atoms with Crippen molar-refractivity contribution in [3.05, 3.63) is 57.6 Å². The molecule has 5 nitrogen and oxygen atoms in total. The van der Waals surface area contributed by atoms with E-state index in [1.165, 1.54) is 11.3 Å². The van der Waals surface area contributed by atoms with Crippen LogP contribution in [0.5, 0.6) is 0 Å². The normalized spacial score (nSPS) is 10.7. The second-order valence-electron chi connectivity index (χ2n) is 5.17. The predicted octanol–water partition coefficient (Wildman–Crippen LogP) is 3.73. The first-order valence-electron chi connectivity index (χ1n) is 7.20. The number of benzene rings is 1. The maximum absolute atomic E-state index is 12.3. The molecule has 23 heavy (non-hydrogen) atoms. The lowest BCUT2D eigenvalue weighted by atomic mass is 10.2. The van der Waals surface area contributed by atoms with Gasteiger partial charge in [0.05, 0.1) is 10.6 Å². The third-order valence-corrected chi connectivity index (χ3v) is 4.55. The highest BCUT2D eigenvalue weighted by atomic mass is 32.1. The van der Waals surface area contributed by atoms with Gasteiger partial charge in [-0.05, 0) is 55.1 Å². The third kappa shape index (κ3) is 3.18. The number of carbonyl (C=O) groups excluding carboxylic acids is 1. The van der Waals surface area contributed by atoms with Crippen molar-refractivity contribution in [3.63, 3.8) is 0 Å². The molecular formula is C17H17N3O2S. The van der Waals surface area contributed by atoms with E-state index in [0.717, 1.165) is 28.3 Å². The zero-order valence-electron chi connectivity index (χ0n) is 12.9. The molecule has 0 aliphatic rings. The molecule has 1 amide bonds. The molecule has 0 saturated heterocycles. The highest BCUT2D eigenvalue weighted by Crippen LogP contribution is 2.24. The second-order valence-corrected chi connectivity index (χ2v) is 6.09. The molecule has 0 aliphatic carbocycles. The number of nitrogens with one attached hydrogen (secondary N) is 1. The zero-order chi connectivity index (χ0) is 16.4. The SMILES string of the molecule is Cc1nc(-c2ccc(NC(=O)c3sccc3CN)cc2)oc1C. The highest BCUT2D eigenvalue weighted by molar-refractivity contribution is 7.12. The van der Waals surface area contributed by atoms with Crippen LogP contribution >= 0.6 is 11.3 Å². The van der Waals surface area contributed by atoms with Gasteiger partial charge in [0.1, 0.15) is 5.76 Å². The fourth-order valence-corrected chi connectivity index (χ4v) is 3.01. The Bertz CT molecular complexity index is 814. The Kier molecular flexibility index (Phi) is 4.27. The Balaban J connectivity index is 1.76. The molecule has 6 heteroatoms. The van der Waals surface area contributed by atoms with Gasteiger partial charge in [0.15, 0.2) is 0 Å².